The number of hydrogen-bond donors (Lipinski definition) is 7. The van der Waals surface area contributed by atoms with Crippen molar-refractivity contribution < 1.29 is 35.1 Å². The number of nitrogens with one attached hydrogen (secondary N) is 1. The van der Waals surface area contributed by atoms with Crippen LogP contribution in [0.4, 0.5) is 0 Å². The number of fused-ring (bicyclic) bond motifs is 5. The van der Waals surface area contributed by atoms with Crippen LogP contribution in [-0.4, -0.2) is 85.7 Å². The number of carbonyl (C=O) groups is 1. The van der Waals surface area contributed by atoms with Crippen molar-refractivity contribution in [3.8, 4) is 0 Å². The van der Waals surface area contributed by atoms with Crippen LogP contribution in [0.25, 0.3) is 0 Å². The van der Waals surface area contributed by atoms with E-state index in [1.807, 2.05) is 6.92 Å². The van der Waals surface area contributed by atoms with Gasteiger partial charge in [-0.3, -0.25) is 4.79 Å². The Bertz CT molecular complexity index is 1330. The lowest BCUT2D eigenvalue weighted by Crippen LogP contribution is -2.64. The maximum Gasteiger partial charge on any atom is 0.159 e. The highest BCUT2D eigenvalue weighted by atomic mass is 16.6. The highest BCUT2D eigenvalue weighted by Crippen LogP contribution is 2.72. The van der Waals surface area contributed by atoms with Gasteiger partial charge in [-0.25, -0.2) is 0 Å². The van der Waals surface area contributed by atoms with Gasteiger partial charge in [0.15, 0.2) is 5.78 Å². The Morgan fingerprint density at radius 2 is 1.71 bits per heavy atom. The monoisotopic (exact) mass is 715 g/mol. The van der Waals surface area contributed by atoms with E-state index in [0.717, 1.165) is 76.3 Å². The van der Waals surface area contributed by atoms with Gasteiger partial charge in [0.25, 0.3) is 0 Å². The summed E-state index contributed by atoms with van der Waals surface area (Å²) in [6, 6.07) is 0. The topological polar surface area (TPSA) is 169 Å². The molecule has 2 saturated heterocycles. The number of carbonyl (C=O) groups excluding carboxylic acids is 1. The van der Waals surface area contributed by atoms with E-state index in [0.29, 0.717) is 43.9 Å². The van der Waals surface area contributed by atoms with Crippen LogP contribution < -0.4 is 11.1 Å². The summed E-state index contributed by atoms with van der Waals surface area (Å²) in [7, 11) is 0. The minimum absolute atomic E-state index is 0.0244. The summed E-state index contributed by atoms with van der Waals surface area (Å²) < 4.78 is 6.41. The van der Waals surface area contributed by atoms with Gasteiger partial charge in [-0.2, -0.15) is 0 Å². The van der Waals surface area contributed by atoms with Gasteiger partial charge in [0, 0.05) is 16.7 Å². The SMILES string of the molecule is CCC[C@](O)([C@@H]1O[C@@H]1[C@](C)(O)[C@](C)(CO)CCC1CCNC(N)C1)[C@@H]1CC[C@]2(O)C3=CC(=O)[C@H]4C[C@@H](O)CC[C@]4(C4CCCCC4)[C@@H]3CC[C@]12C. The molecule has 0 aromatic rings. The van der Waals surface area contributed by atoms with E-state index in [1.165, 1.54) is 19.3 Å². The molecule has 51 heavy (non-hydrogen) atoms. The van der Waals surface area contributed by atoms with Crippen molar-refractivity contribution in [2.45, 2.75) is 185 Å². The number of piperidine rings is 1. The molecule has 0 aromatic carbocycles. The van der Waals surface area contributed by atoms with E-state index >= 15 is 0 Å². The number of allylic oxidation sites excluding steroid dienone is 1. The van der Waals surface area contributed by atoms with Crippen LogP contribution in [0.15, 0.2) is 11.6 Å². The van der Waals surface area contributed by atoms with E-state index in [-0.39, 0.29) is 41.7 Å². The number of ketones is 1. The van der Waals surface area contributed by atoms with Crippen molar-refractivity contribution in [3.63, 3.8) is 0 Å². The lowest BCUT2D eigenvalue weighted by Gasteiger charge is -2.63. The Morgan fingerprint density at radius 3 is 2.39 bits per heavy atom. The highest BCUT2D eigenvalue weighted by Gasteiger charge is 2.74. The molecule has 9 nitrogen and oxygen atoms in total. The number of rotatable bonds is 11. The first-order valence-electron chi connectivity index (χ1n) is 21.0. The summed E-state index contributed by atoms with van der Waals surface area (Å²) in [6.45, 7) is 8.60. The molecular weight excluding hydrogens is 644 g/mol. The first kappa shape index (κ1) is 38.4. The van der Waals surface area contributed by atoms with Crippen molar-refractivity contribution in [1.82, 2.24) is 5.32 Å². The van der Waals surface area contributed by atoms with Gasteiger partial charge in [0.1, 0.15) is 12.2 Å². The maximum atomic E-state index is 14.2. The minimum atomic E-state index is -1.39. The fraction of sp³-hybridized carbons (Fsp3) is 0.929. The second-order valence-corrected chi connectivity index (χ2v) is 19.5. The minimum Gasteiger partial charge on any atom is -0.396 e. The highest BCUT2D eigenvalue weighted by molar-refractivity contribution is 5.95. The van der Waals surface area contributed by atoms with Crippen LogP contribution in [0.2, 0.25) is 0 Å². The zero-order chi connectivity index (χ0) is 36.6. The van der Waals surface area contributed by atoms with E-state index in [4.69, 9.17) is 10.5 Å². The first-order valence-corrected chi connectivity index (χ1v) is 21.0. The molecular formula is C42H70N2O7. The fourth-order valence-electron chi connectivity index (χ4n) is 13.7. The molecule has 4 saturated carbocycles. The Morgan fingerprint density at radius 1 is 0.961 bits per heavy atom. The third-order valence-corrected chi connectivity index (χ3v) is 17.1. The summed E-state index contributed by atoms with van der Waals surface area (Å²) in [4.78, 5) is 14.2. The number of epoxide rings is 1. The van der Waals surface area contributed by atoms with Gasteiger partial charge in [0.2, 0.25) is 0 Å². The van der Waals surface area contributed by atoms with Crippen molar-refractivity contribution in [2.24, 2.45) is 51.6 Å². The first-order chi connectivity index (χ1) is 24.1. The van der Waals surface area contributed by atoms with Crippen molar-refractivity contribution in [3.05, 3.63) is 11.6 Å². The molecule has 2 aliphatic heterocycles. The van der Waals surface area contributed by atoms with Crippen molar-refractivity contribution in [2.75, 3.05) is 13.2 Å². The molecule has 2 heterocycles. The van der Waals surface area contributed by atoms with Gasteiger partial charge >= 0.3 is 0 Å². The number of nitrogens with two attached hydrogens (primary N) is 1. The molecule has 2 unspecified atom stereocenters. The predicted octanol–water partition coefficient (Wildman–Crippen LogP) is 4.89. The van der Waals surface area contributed by atoms with Crippen LogP contribution >= 0.6 is 0 Å². The molecule has 0 aromatic heterocycles. The smallest absolute Gasteiger partial charge is 0.159 e. The summed E-state index contributed by atoms with van der Waals surface area (Å²) >= 11 is 0. The molecule has 7 aliphatic rings. The second kappa shape index (κ2) is 13.7. The average molecular weight is 715 g/mol. The molecule has 290 valence electrons. The van der Waals surface area contributed by atoms with E-state index in [2.05, 4.69) is 19.2 Å². The van der Waals surface area contributed by atoms with Crippen LogP contribution in [0.5, 0.6) is 0 Å². The third-order valence-electron chi connectivity index (χ3n) is 17.1. The molecule has 0 radical (unpaired) electrons. The summed E-state index contributed by atoms with van der Waals surface area (Å²) in [5.41, 5.74) is 1.46. The quantitative estimate of drug-likeness (QED) is 0.147. The van der Waals surface area contributed by atoms with Crippen molar-refractivity contribution >= 4 is 5.78 Å². The van der Waals surface area contributed by atoms with Crippen LogP contribution in [0, 0.1) is 45.8 Å². The lowest BCUT2D eigenvalue weighted by molar-refractivity contribution is -0.168. The number of hydrogen-bond acceptors (Lipinski definition) is 9. The normalized spacial score (nSPS) is 46.5. The number of aliphatic hydroxyl groups excluding tert-OH is 2. The zero-order valence-electron chi connectivity index (χ0n) is 32.0. The Kier molecular flexibility index (Phi) is 10.3. The van der Waals surface area contributed by atoms with Gasteiger partial charge in [-0.05, 0) is 144 Å². The molecule has 5 aliphatic carbocycles. The lowest BCUT2D eigenvalue weighted by atomic mass is 9.41. The van der Waals surface area contributed by atoms with Crippen LogP contribution in [0.3, 0.4) is 0 Å². The van der Waals surface area contributed by atoms with E-state index in [9.17, 15) is 30.3 Å². The Balaban J connectivity index is 1.16. The van der Waals surface area contributed by atoms with Gasteiger partial charge < -0.3 is 41.3 Å². The van der Waals surface area contributed by atoms with E-state index in [1.54, 1.807) is 13.0 Å². The standard InChI is InChI=1S/C42H70N2O7/c1-5-16-41(49,36-35(51-36)39(4,48)37(2,25-45)17-11-26-15-21-44-34(43)22-26)33-14-20-42(50)30-24-32(47)31-23-28(46)12-19-40(31,27-9-7-6-8-10-27)29(30)13-18-38(33,42)3/h24,26-29,31,33-36,44-46,48-50H,5-23,25,43H2,1-4H3/t26?,28-,29+,31+,33+,34?,35-,36+,37-,38+,39-,40-,41+,42-/m0/s1. The molecule has 14 atom stereocenters. The molecule has 6 fully saturated rings. The number of aliphatic hydroxyl groups is 5. The summed E-state index contributed by atoms with van der Waals surface area (Å²) in [6.07, 6.45) is 15.3. The molecule has 0 spiro atoms. The molecule has 8 N–H and O–H groups in total. The van der Waals surface area contributed by atoms with Crippen LogP contribution in [-0.2, 0) is 9.53 Å². The molecule has 7 rings (SSSR count). The summed E-state index contributed by atoms with van der Waals surface area (Å²) in [5, 5.41) is 63.2. The summed E-state index contributed by atoms with van der Waals surface area (Å²) in [5.74, 6) is 0.582. The van der Waals surface area contributed by atoms with Gasteiger partial charge in [-0.15, -0.1) is 0 Å². The maximum absolute atomic E-state index is 14.2. The van der Waals surface area contributed by atoms with Gasteiger partial charge in [-0.1, -0.05) is 46.5 Å². The second-order valence-electron chi connectivity index (χ2n) is 19.5. The predicted molar refractivity (Wildman–Crippen MR) is 196 cm³/mol. The zero-order valence-corrected chi connectivity index (χ0v) is 32.0. The van der Waals surface area contributed by atoms with Crippen molar-refractivity contribution in [1.29, 1.82) is 0 Å². The Labute approximate surface area is 306 Å². The fourth-order valence-corrected chi connectivity index (χ4v) is 13.7. The largest absolute Gasteiger partial charge is 0.396 e. The molecule has 9 heteroatoms. The average Bonchev–Trinajstić information content (AvgIpc) is 3.88. The van der Waals surface area contributed by atoms with Crippen LogP contribution in [0.1, 0.15) is 143 Å². The van der Waals surface area contributed by atoms with E-state index < -0.39 is 45.9 Å². The molecule has 0 amide bonds. The molecule has 0 bridgehead atoms. The van der Waals surface area contributed by atoms with Gasteiger partial charge in [0.05, 0.1) is 35.7 Å². The number of ether oxygens (including phenoxy) is 1. The third kappa shape index (κ3) is 5.88. The Hall–Kier alpha value is -0.910.